The van der Waals surface area contributed by atoms with E-state index in [0.717, 1.165) is 38.5 Å². The van der Waals surface area contributed by atoms with Gasteiger partial charge in [-0.3, -0.25) is 0 Å². The summed E-state index contributed by atoms with van der Waals surface area (Å²) in [5.41, 5.74) is 0.128. The molecule has 168 valence electrons. The fourth-order valence-electron chi connectivity index (χ4n) is 9.06. The second kappa shape index (κ2) is 6.49. The van der Waals surface area contributed by atoms with Gasteiger partial charge in [-0.05, 0) is 66.8 Å². The van der Waals surface area contributed by atoms with Crippen LogP contribution in [0, 0.1) is 34.5 Å². The highest BCUT2D eigenvalue weighted by Crippen LogP contribution is 2.73. The summed E-state index contributed by atoms with van der Waals surface area (Å²) in [6, 6.07) is 0. The van der Waals surface area contributed by atoms with Crippen molar-refractivity contribution >= 4 is 0 Å². The normalized spacial score (nSPS) is 55.0. The highest BCUT2D eigenvalue weighted by atomic mass is 19.3. The molecule has 6 aliphatic rings. The van der Waals surface area contributed by atoms with Crippen LogP contribution in [0.15, 0.2) is 11.7 Å². The first-order chi connectivity index (χ1) is 14.4. The highest BCUT2D eigenvalue weighted by Gasteiger charge is 2.79. The fourth-order valence-corrected chi connectivity index (χ4v) is 9.06. The monoisotopic (exact) mass is 424 g/mol. The lowest BCUT2D eigenvalue weighted by molar-refractivity contribution is -0.474. The molecule has 6 atom stereocenters. The third-order valence-electron chi connectivity index (χ3n) is 10.2. The van der Waals surface area contributed by atoms with Gasteiger partial charge in [0.1, 0.15) is 0 Å². The van der Waals surface area contributed by atoms with Crippen molar-refractivity contribution in [2.45, 2.75) is 76.8 Å². The van der Waals surface area contributed by atoms with Gasteiger partial charge in [-0.15, -0.1) is 0 Å². The summed E-state index contributed by atoms with van der Waals surface area (Å²) < 4.78 is 53.9. The summed E-state index contributed by atoms with van der Waals surface area (Å²) in [7, 11) is 0. The van der Waals surface area contributed by atoms with Crippen LogP contribution in [-0.4, -0.2) is 38.0 Å². The molecule has 0 radical (unpaired) electrons. The van der Waals surface area contributed by atoms with Crippen molar-refractivity contribution in [3.05, 3.63) is 11.7 Å². The predicted molar refractivity (Wildman–Crippen MR) is 106 cm³/mol. The van der Waals surface area contributed by atoms with Crippen molar-refractivity contribution in [1.29, 1.82) is 0 Å². The third-order valence-corrected chi connectivity index (χ3v) is 10.2. The molecular formula is C24H34F2O4. The van der Waals surface area contributed by atoms with Crippen molar-refractivity contribution in [1.82, 2.24) is 0 Å². The van der Waals surface area contributed by atoms with E-state index >= 15 is 0 Å². The zero-order valence-corrected chi connectivity index (χ0v) is 18.2. The highest BCUT2D eigenvalue weighted by molar-refractivity contribution is 5.25. The number of halogens is 2. The zero-order chi connectivity index (χ0) is 20.8. The van der Waals surface area contributed by atoms with Crippen LogP contribution in [0.4, 0.5) is 8.78 Å². The van der Waals surface area contributed by atoms with Gasteiger partial charge >= 0.3 is 0 Å². The Kier molecular flexibility index (Phi) is 4.34. The second-order valence-corrected chi connectivity index (χ2v) is 11.1. The molecule has 0 aromatic carbocycles. The Labute approximate surface area is 177 Å². The van der Waals surface area contributed by atoms with E-state index in [-0.39, 0.29) is 28.6 Å². The molecular weight excluding hydrogens is 390 g/mol. The van der Waals surface area contributed by atoms with Crippen LogP contribution in [0.2, 0.25) is 0 Å². The van der Waals surface area contributed by atoms with Crippen molar-refractivity contribution in [2.24, 2.45) is 34.5 Å². The summed E-state index contributed by atoms with van der Waals surface area (Å²) >= 11 is 0. The molecule has 2 saturated heterocycles. The number of rotatable bonds is 0. The maximum atomic E-state index is 14.2. The molecule has 2 heterocycles. The molecule has 4 saturated carbocycles. The van der Waals surface area contributed by atoms with Gasteiger partial charge in [0.2, 0.25) is 11.6 Å². The number of fused-ring (bicyclic) bond motifs is 5. The van der Waals surface area contributed by atoms with Crippen molar-refractivity contribution in [2.75, 3.05) is 26.4 Å². The van der Waals surface area contributed by atoms with E-state index in [9.17, 15) is 8.78 Å². The minimum absolute atomic E-state index is 0.0288. The molecule has 0 amide bonds. The van der Waals surface area contributed by atoms with E-state index in [1.54, 1.807) is 0 Å². The third kappa shape index (κ3) is 2.24. The van der Waals surface area contributed by atoms with Gasteiger partial charge in [-0.2, -0.15) is 8.78 Å². The summed E-state index contributed by atoms with van der Waals surface area (Å²) in [5.74, 6) is -0.879. The lowest BCUT2D eigenvalue weighted by atomic mass is 9.44. The Hall–Kier alpha value is -0.560. The molecule has 4 aliphatic carbocycles. The molecule has 0 spiro atoms. The van der Waals surface area contributed by atoms with E-state index in [4.69, 9.17) is 18.9 Å². The van der Waals surface area contributed by atoms with E-state index in [0.29, 0.717) is 50.8 Å². The minimum Gasteiger partial charge on any atom is -0.343 e. The minimum atomic E-state index is -1.43. The lowest BCUT2D eigenvalue weighted by Gasteiger charge is -2.62. The van der Waals surface area contributed by atoms with Crippen molar-refractivity contribution in [3.63, 3.8) is 0 Å². The van der Waals surface area contributed by atoms with E-state index in [1.807, 2.05) is 0 Å². The predicted octanol–water partition coefficient (Wildman–Crippen LogP) is 5.28. The Bertz CT molecular complexity index is 752. The summed E-state index contributed by atoms with van der Waals surface area (Å²) in [5, 5.41) is 0. The first kappa shape index (κ1) is 20.1. The van der Waals surface area contributed by atoms with Crippen LogP contribution in [-0.2, 0) is 18.9 Å². The number of hydrogen-bond acceptors (Lipinski definition) is 4. The van der Waals surface area contributed by atoms with Crippen LogP contribution in [0.25, 0.3) is 0 Å². The van der Waals surface area contributed by atoms with Gasteiger partial charge in [0.15, 0.2) is 0 Å². The SMILES string of the molecule is C[C@]12CCCCC1C(=C(F)F)C[C@@H]1[C@@H]2CC[C@@]2(C)[C@H]1CC13OCCOC12OCCO3. The lowest BCUT2D eigenvalue weighted by Crippen LogP contribution is -2.69. The van der Waals surface area contributed by atoms with Crippen LogP contribution in [0.1, 0.15) is 65.2 Å². The van der Waals surface area contributed by atoms with Crippen LogP contribution >= 0.6 is 0 Å². The smallest absolute Gasteiger partial charge is 0.269 e. The molecule has 2 aliphatic heterocycles. The summed E-state index contributed by atoms with van der Waals surface area (Å²) in [4.78, 5) is 0. The molecule has 0 N–H and O–H groups in total. The molecule has 0 bridgehead atoms. The Morgan fingerprint density at radius 1 is 0.867 bits per heavy atom. The standard InChI is InChI=1S/C24H34F2O4/c1-21-7-4-3-5-17(21)16(20(25)26)13-15-18(21)6-8-22(2)19(15)14-23-24(22,29-11-9-27-23)30-12-10-28-23/h15,17-19H,3-14H2,1-2H3/t15-,17?,18+,19+,21+,22+,23?,24?/m1/s1. The number of allylic oxidation sites excluding steroid dienone is 1. The maximum absolute atomic E-state index is 14.2. The Balaban J connectivity index is 1.45. The Morgan fingerprint density at radius 2 is 1.57 bits per heavy atom. The molecule has 6 fully saturated rings. The van der Waals surface area contributed by atoms with E-state index in [2.05, 4.69) is 13.8 Å². The quantitative estimate of drug-likeness (QED) is 0.530. The van der Waals surface area contributed by atoms with Gasteiger partial charge in [0.25, 0.3) is 6.08 Å². The van der Waals surface area contributed by atoms with Gasteiger partial charge in [0.05, 0.1) is 26.4 Å². The molecule has 4 nitrogen and oxygen atoms in total. The summed E-state index contributed by atoms with van der Waals surface area (Å²) in [6.07, 6.45) is 6.02. The van der Waals surface area contributed by atoms with Gasteiger partial charge < -0.3 is 18.9 Å². The molecule has 1 unspecified atom stereocenters. The summed E-state index contributed by atoms with van der Waals surface area (Å²) in [6.45, 7) is 6.53. The van der Waals surface area contributed by atoms with E-state index < -0.39 is 17.7 Å². The fraction of sp³-hybridized carbons (Fsp3) is 0.917. The largest absolute Gasteiger partial charge is 0.343 e. The van der Waals surface area contributed by atoms with Gasteiger partial charge in [-0.25, -0.2) is 0 Å². The van der Waals surface area contributed by atoms with Crippen LogP contribution in [0.5, 0.6) is 0 Å². The van der Waals surface area contributed by atoms with Gasteiger partial charge in [-0.1, -0.05) is 26.7 Å². The number of ether oxygens (including phenoxy) is 4. The van der Waals surface area contributed by atoms with Gasteiger partial charge in [0, 0.05) is 11.8 Å². The first-order valence-electron chi connectivity index (χ1n) is 12.0. The Morgan fingerprint density at radius 3 is 2.27 bits per heavy atom. The molecule has 0 aromatic rings. The molecule has 30 heavy (non-hydrogen) atoms. The number of hydrogen-bond donors (Lipinski definition) is 0. The van der Waals surface area contributed by atoms with Crippen molar-refractivity contribution in [3.8, 4) is 0 Å². The maximum Gasteiger partial charge on any atom is 0.269 e. The average Bonchev–Trinajstić information content (AvgIpc) is 2.99. The average molecular weight is 425 g/mol. The molecule has 0 aromatic heterocycles. The van der Waals surface area contributed by atoms with E-state index in [1.165, 1.54) is 0 Å². The van der Waals surface area contributed by atoms with Crippen LogP contribution < -0.4 is 0 Å². The zero-order valence-electron chi connectivity index (χ0n) is 18.2. The molecule has 6 heteroatoms. The van der Waals surface area contributed by atoms with Crippen LogP contribution in [0.3, 0.4) is 0 Å². The second-order valence-electron chi connectivity index (χ2n) is 11.1. The topological polar surface area (TPSA) is 36.9 Å². The first-order valence-corrected chi connectivity index (χ1v) is 12.0. The molecule has 6 rings (SSSR count). The van der Waals surface area contributed by atoms with Crippen molar-refractivity contribution < 1.29 is 27.7 Å².